The number of carbonyl (C=O) groups is 2. The normalized spacial score (nSPS) is 12.5. The van der Waals surface area contributed by atoms with Gasteiger partial charge in [0.1, 0.15) is 6.10 Å². The fourth-order valence-corrected chi connectivity index (χ4v) is 3.54. The number of hydrogen-bond acceptors (Lipinski definition) is 4. The number of aryl methyl sites for hydroxylation is 1. The van der Waals surface area contributed by atoms with Crippen LogP contribution in [0.15, 0.2) is 24.3 Å². The second kappa shape index (κ2) is 13.3. The molecule has 0 fully saturated rings. The van der Waals surface area contributed by atoms with Gasteiger partial charge in [0.05, 0.1) is 7.11 Å². The standard InChI is InChI=1S/C21H29Cl3O4/c1-16(25)28-19(9-4-3-7-15-21(23,24)20(26)27-2)10-6-5-8-17-11-13-18(22)14-12-17/h11-14,19H,3-10,15H2,1-2H3. The van der Waals surface area contributed by atoms with Gasteiger partial charge in [0, 0.05) is 11.9 Å². The summed E-state index contributed by atoms with van der Waals surface area (Å²) in [6.45, 7) is 1.44. The Balaban J connectivity index is 2.27. The van der Waals surface area contributed by atoms with Gasteiger partial charge in [-0.3, -0.25) is 4.79 Å². The topological polar surface area (TPSA) is 52.6 Å². The summed E-state index contributed by atoms with van der Waals surface area (Å²) in [6.07, 6.45) is 7.29. The Kier molecular flexibility index (Phi) is 11.9. The minimum Gasteiger partial charge on any atom is -0.467 e. The van der Waals surface area contributed by atoms with Crippen molar-refractivity contribution in [1.82, 2.24) is 0 Å². The molecule has 158 valence electrons. The van der Waals surface area contributed by atoms with E-state index in [-0.39, 0.29) is 12.1 Å². The quantitative estimate of drug-likeness (QED) is 0.201. The predicted molar refractivity (Wildman–Crippen MR) is 114 cm³/mol. The van der Waals surface area contributed by atoms with E-state index < -0.39 is 10.3 Å². The van der Waals surface area contributed by atoms with Crippen LogP contribution in [-0.2, 0) is 25.5 Å². The third kappa shape index (κ3) is 10.5. The fraction of sp³-hybridized carbons (Fsp3) is 0.619. The van der Waals surface area contributed by atoms with E-state index in [1.807, 2.05) is 24.3 Å². The molecule has 28 heavy (non-hydrogen) atoms. The Hall–Kier alpha value is -0.970. The highest BCUT2D eigenvalue weighted by Crippen LogP contribution is 2.29. The zero-order valence-electron chi connectivity index (χ0n) is 16.5. The van der Waals surface area contributed by atoms with Crippen LogP contribution in [0.5, 0.6) is 0 Å². The van der Waals surface area contributed by atoms with Crippen molar-refractivity contribution in [1.29, 1.82) is 0 Å². The van der Waals surface area contributed by atoms with Gasteiger partial charge in [-0.15, -0.1) is 0 Å². The first kappa shape index (κ1) is 25.1. The van der Waals surface area contributed by atoms with Gasteiger partial charge in [0.2, 0.25) is 4.33 Å². The van der Waals surface area contributed by atoms with Crippen molar-refractivity contribution in [2.45, 2.75) is 75.1 Å². The van der Waals surface area contributed by atoms with Crippen LogP contribution in [0.4, 0.5) is 0 Å². The second-order valence-electron chi connectivity index (χ2n) is 6.90. The average molecular weight is 452 g/mol. The van der Waals surface area contributed by atoms with Crippen molar-refractivity contribution in [2.24, 2.45) is 0 Å². The Labute approximate surface area is 182 Å². The molecule has 4 nitrogen and oxygen atoms in total. The molecule has 0 aromatic heterocycles. The van der Waals surface area contributed by atoms with Crippen molar-refractivity contribution in [3.63, 3.8) is 0 Å². The van der Waals surface area contributed by atoms with Gasteiger partial charge in [-0.05, 0) is 69.1 Å². The molecule has 0 heterocycles. The summed E-state index contributed by atoms with van der Waals surface area (Å²) in [4.78, 5) is 22.8. The molecule has 0 bridgehead atoms. The average Bonchev–Trinajstić information content (AvgIpc) is 2.64. The van der Waals surface area contributed by atoms with Crippen LogP contribution in [0.3, 0.4) is 0 Å². The summed E-state index contributed by atoms with van der Waals surface area (Å²) < 4.78 is 8.52. The fourth-order valence-electron chi connectivity index (χ4n) is 3.00. The SMILES string of the molecule is COC(=O)C(Cl)(Cl)CCCCCC(CCCCc1ccc(Cl)cc1)OC(C)=O. The smallest absolute Gasteiger partial charge is 0.342 e. The second-order valence-corrected chi connectivity index (χ2v) is 8.82. The molecule has 7 heteroatoms. The molecule has 0 aliphatic carbocycles. The van der Waals surface area contributed by atoms with Crippen LogP contribution in [0.2, 0.25) is 5.02 Å². The summed E-state index contributed by atoms with van der Waals surface area (Å²) >= 11 is 17.8. The molecule has 1 aromatic rings. The number of unbranched alkanes of at least 4 members (excludes halogenated alkanes) is 3. The number of esters is 2. The summed E-state index contributed by atoms with van der Waals surface area (Å²) in [5.41, 5.74) is 1.25. The minimum absolute atomic E-state index is 0.0833. The number of carbonyl (C=O) groups excluding carboxylic acids is 2. The monoisotopic (exact) mass is 450 g/mol. The van der Waals surface area contributed by atoms with E-state index in [2.05, 4.69) is 4.74 Å². The molecule has 0 saturated carbocycles. The number of alkyl halides is 2. The molecule has 0 saturated heterocycles. The van der Waals surface area contributed by atoms with E-state index in [1.165, 1.54) is 19.6 Å². The molecular weight excluding hydrogens is 423 g/mol. The molecule has 0 aliphatic rings. The zero-order valence-corrected chi connectivity index (χ0v) is 18.8. The molecule has 0 aliphatic heterocycles. The molecule has 1 aromatic carbocycles. The number of benzene rings is 1. The lowest BCUT2D eigenvalue weighted by atomic mass is 10.0. The van der Waals surface area contributed by atoms with Crippen molar-refractivity contribution < 1.29 is 19.1 Å². The first-order chi connectivity index (χ1) is 13.2. The summed E-state index contributed by atoms with van der Waals surface area (Å²) in [5, 5.41) is 0.742. The van der Waals surface area contributed by atoms with Crippen molar-refractivity contribution in [3.05, 3.63) is 34.9 Å². The number of rotatable bonds is 13. The maximum atomic E-state index is 11.4. The first-order valence-electron chi connectivity index (χ1n) is 9.62. The van der Waals surface area contributed by atoms with E-state index >= 15 is 0 Å². The van der Waals surface area contributed by atoms with Gasteiger partial charge >= 0.3 is 11.9 Å². The van der Waals surface area contributed by atoms with Gasteiger partial charge in [0.25, 0.3) is 0 Å². The highest BCUT2D eigenvalue weighted by Gasteiger charge is 2.34. The maximum absolute atomic E-state index is 11.4. The zero-order chi connectivity index (χ0) is 21.0. The van der Waals surface area contributed by atoms with Crippen LogP contribution in [0.1, 0.15) is 63.9 Å². The third-order valence-electron chi connectivity index (χ3n) is 4.49. The lowest BCUT2D eigenvalue weighted by Gasteiger charge is -2.18. The van der Waals surface area contributed by atoms with Gasteiger partial charge in [0.15, 0.2) is 0 Å². The number of ether oxygens (including phenoxy) is 2. The summed E-state index contributed by atoms with van der Waals surface area (Å²) in [6, 6.07) is 7.87. The van der Waals surface area contributed by atoms with Gasteiger partial charge < -0.3 is 9.47 Å². The number of halogens is 3. The Bertz CT molecular complexity index is 602. The number of methoxy groups -OCH3 is 1. The van der Waals surface area contributed by atoms with E-state index in [9.17, 15) is 9.59 Å². The van der Waals surface area contributed by atoms with Crippen LogP contribution in [0.25, 0.3) is 0 Å². The third-order valence-corrected chi connectivity index (χ3v) is 5.43. The highest BCUT2D eigenvalue weighted by atomic mass is 35.5. The number of hydrogen-bond donors (Lipinski definition) is 0. The molecule has 0 N–H and O–H groups in total. The van der Waals surface area contributed by atoms with Gasteiger partial charge in [-0.2, -0.15) is 0 Å². The highest BCUT2D eigenvalue weighted by molar-refractivity contribution is 6.57. The van der Waals surface area contributed by atoms with Crippen molar-refractivity contribution in [2.75, 3.05) is 7.11 Å². The van der Waals surface area contributed by atoms with Crippen LogP contribution >= 0.6 is 34.8 Å². The van der Waals surface area contributed by atoms with E-state index in [0.29, 0.717) is 12.8 Å². The van der Waals surface area contributed by atoms with Gasteiger partial charge in [-0.1, -0.05) is 53.4 Å². The largest absolute Gasteiger partial charge is 0.467 e. The lowest BCUT2D eigenvalue weighted by molar-refractivity contribution is -0.147. The molecule has 1 unspecified atom stereocenters. The van der Waals surface area contributed by atoms with Crippen LogP contribution < -0.4 is 0 Å². The van der Waals surface area contributed by atoms with E-state index in [4.69, 9.17) is 39.5 Å². The van der Waals surface area contributed by atoms with E-state index in [0.717, 1.165) is 50.0 Å². The summed E-state index contributed by atoms with van der Waals surface area (Å²) in [7, 11) is 1.26. The molecule has 0 spiro atoms. The molecule has 0 amide bonds. The molecule has 1 atom stereocenters. The van der Waals surface area contributed by atoms with Gasteiger partial charge in [-0.25, -0.2) is 4.79 Å². The Morgan fingerprint density at radius 1 is 1.00 bits per heavy atom. The Morgan fingerprint density at radius 3 is 2.18 bits per heavy atom. The van der Waals surface area contributed by atoms with E-state index in [1.54, 1.807) is 0 Å². The Morgan fingerprint density at radius 2 is 1.61 bits per heavy atom. The molecule has 0 radical (unpaired) electrons. The predicted octanol–water partition coefficient (Wildman–Crippen LogP) is 6.28. The minimum atomic E-state index is -1.49. The molecule has 1 rings (SSSR count). The van der Waals surface area contributed by atoms with Crippen molar-refractivity contribution >= 4 is 46.7 Å². The lowest BCUT2D eigenvalue weighted by Crippen LogP contribution is -2.27. The maximum Gasteiger partial charge on any atom is 0.342 e. The van der Waals surface area contributed by atoms with Crippen LogP contribution in [0, 0.1) is 0 Å². The summed E-state index contributed by atoms with van der Waals surface area (Å²) in [5.74, 6) is -0.886. The molecular formula is C21H29Cl3O4. The van der Waals surface area contributed by atoms with Crippen molar-refractivity contribution in [3.8, 4) is 0 Å². The first-order valence-corrected chi connectivity index (χ1v) is 10.8. The van der Waals surface area contributed by atoms with Crippen LogP contribution in [-0.4, -0.2) is 29.5 Å².